The summed E-state index contributed by atoms with van der Waals surface area (Å²) >= 11 is 0. The predicted octanol–water partition coefficient (Wildman–Crippen LogP) is 2.18. The molecule has 1 unspecified atom stereocenters. The zero-order valence-electron chi connectivity index (χ0n) is 17.4. The minimum atomic E-state index is -1.11. The van der Waals surface area contributed by atoms with Crippen LogP contribution in [0.25, 0.3) is 0 Å². The highest BCUT2D eigenvalue weighted by Gasteiger charge is 2.40. The largest absolute Gasteiger partial charge is 0.481 e. The molecule has 2 atom stereocenters. The predicted molar refractivity (Wildman–Crippen MR) is 102 cm³/mol. The number of ether oxygens (including phenoxy) is 2. The molecule has 0 saturated heterocycles. The number of nitrogens with one attached hydrogen (secondary N) is 1. The highest BCUT2D eigenvalue weighted by atomic mass is 16.5. The first-order chi connectivity index (χ1) is 11.9. The molecule has 1 amide bonds. The van der Waals surface area contributed by atoms with Crippen molar-refractivity contribution in [1.29, 1.82) is 0 Å². The molecule has 0 aromatic heterocycles. The van der Waals surface area contributed by atoms with Crippen LogP contribution in [0.1, 0.15) is 60.8 Å². The van der Waals surface area contributed by atoms with Gasteiger partial charge in [-0.3, -0.25) is 9.59 Å². The number of aliphatic carboxylic acids is 1. The van der Waals surface area contributed by atoms with Crippen molar-refractivity contribution >= 4 is 11.9 Å². The third-order valence-corrected chi connectivity index (χ3v) is 5.15. The number of methoxy groups -OCH3 is 1. The molecule has 0 aliphatic heterocycles. The van der Waals surface area contributed by atoms with E-state index in [1.165, 1.54) is 0 Å². The van der Waals surface area contributed by atoms with Crippen LogP contribution in [0, 0.1) is 10.8 Å². The Labute approximate surface area is 158 Å². The SMILES string of the molecule is CCC(C)(C)C(OCC(COC)NC(=O)[C@@H](N)CC(=O)O)C(C)(C)CC. The molecule has 0 saturated carbocycles. The molecule has 0 bridgehead atoms. The molecule has 0 aliphatic rings. The molecule has 0 heterocycles. The van der Waals surface area contributed by atoms with Crippen LogP contribution in [0.5, 0.6) is 0 Å². The van der Waals surface area contributed by atoms with E-state index < -0.39 is 30.4 Å². The fraction of sp³-hybridized carbons (Fsp3) is 0.895. The summed E-state index contributed by atoms with van der Waals surface area (Å²) in [5, 5.41) is 11.5. The van der Waals surface area contributed by atoms with Crippen molar-refractivity contribution in [1.82, 2.24) is 5.32 Å². The minimum absolute atomic E-state index is 0.00560. The number of carboxylic acid groups (broad SMARTS) is 1. The highest BCUT2D eigenvalue weighted by Crippen LogP contribution is 2.40. The summed E-state index contributed by atoms with van der Waals surface area (Å²) < 4.78 is 11.4. The second-order valence-corrected chi connectivity index (χ2v) is 8.26. The monoisotopic (exact) mass is 374 g/mol. The van der Waals surface area contributed by atoms with Gasteiger partial charge in [0.2, 0.25) is 5.91 Å². The normalized spacial score (nSPS) is 15.0. The summed E-state index contributed by atoms with van der Waals surface area (Å²) in [5.41, 5.74) is 5.57. The van der Waals surface area contributed by atoms with Crippen molar-refractivity contribution in [3.63, 3.8) is 0 Å². The first-order valence-electron chi connectivity index (χ1n) is 9.29. The van der Waals surface area contributed by atoms with Crippen molar-refractivity contribution in [2.45, 2.75) is 79.0 Å². The fourth-order valence-electron chi connectivity index (χ4n) is 3.01. The first-order valence-corrected chi connectivity index (χ1v) is 9.29. The van der Waals surface area contributed by atoms with Gasteiger partial charge in [0.05, 0.1) is 37.8 Å². The number of rotatable bonds is 13. The number of hydrogen-bond acceptors (Lipinski definition) is 5. The Kier molecular flexibility index (Phi) is 10.4. The molecule has 7 heteroatoms. The Morgan fingerprint density at radius 3 is 1.96 bits per heavy atom. The van der Waals surface area contributed by atoms with Crippen LogP contribution in [0.2, 0.25) is 0 Å². The Morgan fingerprint density at radius 1 is 1.08 bits per heavy atom. The van der Waals surface area contributed by atoms with Crippen molar-refractivity contribution in [3.05, 3.63) is 0 Å². The number of nitrogens with two attached hydrogens (primary N) is 1. The third-order valence-electron chi connectivity index (χ3n) is 5.15. The Morgan fingerprint density at radius 2 is 1.58 bits per heavy atom. The van der Waals surface area contributed by atoms with E-state index in [1.54, 1.807) is 7.11 Å². The van der Waals surface area contributed by atoms with E-state index in [2.05, 4.69) is 46.9 Å². The molecule has 0 spiro atoms. The summed E-state index contributed by atoms with van der Waals surface area (Å²) in [6.07, 6.45) is 1.51. The van der Waals surface area contributed by atoms with Crippen molar-refractivity contribution in [2.75, 3.05) is 20.3 Å². The molecule has 7 nitrogen and oxygen atoms in total. The Balaban J connectivity index is 5.06. The molecule has 0 aliphatic carbocycles. The molecule has 154 valence electrons. The quantitative estimate of drug-likeness (QED) is 0.456. The van der Waals surface area contributed by atoms with Gasteiger partial charge in [-0.25, -0.2) is 0 Å². The number of carbonyl (C=O) groups excluding carboxylic acids is 1. The Hall–Kier alpha value is -1.18. The molecular weight excluding hydrogens is 336 g/mol. The lowest BCUT2D eigenvalue weighted by Gasteiger charge is -2.44. The van der Waals surface area contributed by atoms with E-state index in [9.17, 15) is 9.59 Å². The molecule has 0 fully saturated rings. The van der Waals surface area contributed by atoms with Crippen molar-refractivity contribution < 1.29 is 24.2 Å². The van der Waals surface area contributed by atoms with Gasteiger partial charge < -0.3 is 25.6 Å². The number of hydrogen-bond donors (Lipinski definition) is 3. The summed E-state index contributed by atoms with van der Waals surface area (Å²) in [6, 6.07) is -1.49. The molecule has 0 aromatic carbocycles. The second kappa shape index (κ2) is 10.8. The lowest BCUT2D eigenvalue weighted by molar-refractivity contribution is -0.140. The van der Waals surface area contributed by atoms with Gasteiger partial charge >= 0.3 is 5.97 Å². The van der Waals surface area contributed by atoms with Gasteiger partial charge in [-0.2, -0.15) is 0 Å². The van der Waals surface area contributed by atoms with Crippen LogP contribution in [0.3, 0.4) is 0 Å². The minimum Gasteiger partial charge on any atom is -0.481 e. The van der Waals surface area contributed by atoms with E-state index in [0.717, 1.165) is 12.8 Å². The van der Waals surface area contributed by atoms with Crippen LogP contribution >= 0.6 is 0 Å². The van der Waals surface area contributed by atoms with Crippen molar-refractivity contribution in [2.24, 2.45) is 16.6 Å². The Bertz CT molecular complexity index is 435. The van der Waals surface area contributed by atoms with Crippen LogP contribution in [-0.2, 0) is 19.1 Å². The van der Waals surface area contributed by atoms with Gasteiger partial charge in [0, 0.05) is 7.11 Å². The lowest BCUT2D eigenvalue weighted by atomic mass is 9.69. The lowest BCUT2D eigenvalue weighted by Crippen LogP contribution is -2.51. The molecule has 26 heavy (non-hydrogen) atoms. The summed E-state index contributed by atoms with van der Waals surface area (Å²) in [4.78, 5) is 22.8. The van der Waals surface area contributed by atoms with Crippen LogP contribution < -0.4 is 11.1 Å². The summed E-state index contributed by atoms with van der Waals surface area (Å²) in [6.45, 7) is 13.5. The standard InChI is InChI=1S/C19H38N2O5/c1-8-18(3,4)17(19(5,6)9-2)26-12-13(11-25-7)21-16(24)14(20)10-15(22)23/h13-14,17H,8-12,20H2,1-7H3,(H,21,24)(H,22,23)/t13?,14-/m0/s1. The van der Waals surface area contributed by atoms with Gasteiger partial charge in [-0.1, -0.05) is 41.5 Å². The van der Waals surface area contributed by atoms with E-state index in [-0.39, 0.29) is 30.1 Å². The smallest absolute Gasteiger partial charge is 0.305 e. The van der Waals surface area contributed by atoms with Crippen LogP contribution in [0.15, 0.2) is 0 Å². The molecule has 0 radical (unpaired) electrons. The third kappa shape index (κ3) is 8.01. The molecule has 4 N–H and O–H groups in total. The summed E-state index contributed by atoms with van der Waals surface area (Å²) in [7, 11) is 1.54. The number of amides is 1. The van der Waals surface area contributed by atoms with Gasteiger partial charge in [-0.15, -0.1) is 0 Å². The van der Waals surface area contributed by atoms with E-state index in [1.807, 2.05) is 0 Å². The van der Waals surface area contributed by atoms with Gasteiger partial charge in [-0.05, 0) is 23.7 Å². The molecule has 0 rings (SSSR count). The maximum absolute atomic E-state index is 12.1. The zero-order valence-corrected chi connectivity index (χ0v) is 17.4. The van der Waals surface area contributed by atoms with Crippen LogP contribution in [0.4, 0.5) is 0 Å². The maximum Gasteiger partial charge on any atom is 0.305 e. The van der Waals surface area contributed by atoms with Gasteiger partial charge in [0.15, 0.2) is 0 Å². The zero-order chi connectivity index (χ0) is 20.5. The highest BCUT2D eigenvalue weighted by molar-refractivity contribution is 5.86. The van der Waals surface area contributed by atoms with Gasteiger partial charge in [0.1, 0.15) is 0 Å². The average molecular weight is 375 g/mol. The maximum atomic E-state index is 12.1. The van der Waals surface area contributed by atoms with Crippen LogP contribution in [-0.4, -0.2) is 55.5 Å². The number of carboxylic acids is 1. The molecular formula is C19H38N2O5. The topological polar surface area (TPSA) is 111 Å². The average Bonchev–Trinajstić information content (AvgIpc) is 2.53. The molecule has 0 aromatic rings. The first kappa shape index (κ1) is 24.8. The fourth-order valence-corrected chi connectivity index (χ4v) is 3.01. The second-order valence-electron chi connectivity index (χ2n) is 8.26. The summed E-state index contributed by atoms with van der Waals surface area (Å²) in [5.74, 6) is -1.62. The van der Waals surface area contributed by atoms with Gasteiger partial charge in [0.25, 0.3) is 0 Å². The van der Waals surface area contributed by atoms with E-state index >= 15 is 0 Å². The van der Waals surface area contributed by atoms with E-state index in [4.69, 9.17) is 20.3 Å². The van der Waals surface area contributed by atoms with Crippen molar-refractivity contribution in [3.8, 4) is 0 Å². The van der Waals surface area contributed by atoms with E-state index in [0.29, 0.717) is 0 Å². The number of carbonyl (C=O) groups is 2.